The summed E-state index contributed by atoms with van der Waals surface area (Å²) in [4.78, 5) is 0. The van der Waals surface area contributed by atoms with Crippen molar-refractivity contribution in [3.63, 3.8) is 0 Å². The fourth-order valence-electron chi connectivity index (χ4n) is 1.85. The highest BCUT2D eigenvalue weighted by molar-refractivity contribution is 5.03. The number of aliphatic hydroxyl groups is 1. The summed E-state index contributed by atoms with van der Waals surface area (Å²) >= 11 is 0. The Balaban J connectivity index is 1.88. The van der Waals surface area contributed by atoms with Crippen molar-refractivity contribution in [1.29, 1.82) is 0 Å². The summed E-state index contributed by atoms with van der Waals surface area (Å²) in [6.45, 7) is 5.77. The van der Waals surface area contributed by atoms with Crippen molar-refractivity contribution < 1.29 is 14.6 Å². The van der Waals surface area contributed by atoms with Crippen LogP contribution in [0.5, 0.6) is 0 Å². The van der Waals surface area contributed by atoms with Crippen LogP contribution in [0.1, 0.15) is 25.3 Å². The first kappa shape index (κ1) is 18.1. The summed E-state index contributed by atoms with van der Waals surface area (Å²) in [6.07, 6.45) is 6.52. The molecule has 21 heavy (non-hydrogen) atoms. The number of aliphatic hydroxyl groups excluding tert-OH is 1. The highest BCUT2D eigenvalue weighted by Crippen LogP contribution is 1.96. The van der Waals surface area contributed by atoms with Gasteiger partial charge >= 0.3 is 0 Å². The van der Waals surface area contributed by atoms with Crippen LogP contribution in [-0.2, 0) is 22.9 Å². The van der Waals surface area contributed by atoms with Gasteiger partial charge in [0, 0.05) is 26.4 Å². The third-order valence-corrected chi connectivity index (χ3v) is 3.05. The van der Waals surface area contributed by atoms with Crippen LogP contribution in [0, 0.1) is 0 Å². The average molecular weight is 299 g/mol. The van der Waals surface area contributed by atoms with Crippen LogP contribution in [-0.4, -0.2) is 60.5 Å². The predicted octanol–water partition coefficient (Wildman–Crippen LogP) is 0.746. The second-order valence-electron chi connectivity index (χ2n) is 5.17. The third kappa shape index (κ3) is 9.57. The van der Waals surface area contributed by atoms with Crippen LogP contribution in [0.3, 0.4) is 0 Å². The fourth-order valence-corrected chi connectivity index (χ4v) is 1.85. The second kappa shape index (κ2) is 11.7. The van der Waals surface area contributed by atoms with Gasteiger partial charge in [-0.05, 0) is 24.9 Å². The molecule has 0 fully saturated rings. The quantitative estimate of drug-likeness (QED) is 0.526. The zero-order chi connectivity index (χ0) is 15.3. The highest BCUT2D eigenvalue weighted by Gasteiger charge is 2.04. The van der Waals surface area contributed by atoms with Crippen LogP contribution in [0.2, 0.25) is 0 Å². The van der Waals surface area contributed by atoms with Gasteiger partial charge in [0.1, 0.15) is 0 Å². The van der Waals surface area contributed by atoms with Crippen molar-refractivity contribution in [2.75, 3.05) is 39.5 Å². The number of aryl methyl sites for hydroxylation is 1. The number of ether oxygens (including phenoxy) is 2. The summed E-state index contributed by atoms with van der Waals surface area (Å²) in [5, 5.41) is 17.1. The molecule has 0 saturated heterocycles. The first-order valence-corrected chi connectivity index (χ1v) is 7.74. The number of nitrogens with zero attached hydrogens (tertiary/aromatic N) is 2. The van der Waals surface area contributed by atoms with E-state index >= 15 is 0 Å². The molecule has 1 aromatic heterocycles. The van der Waals surface area contributed by atoms with Crippen molar-refractivity contribution in [3.05, 3.63) is 18.0 Å². The number of hydrogen-bond donors (Lipinski definition) is 2. The molecule has 0 radical (unpaired) electrons. The molecule has 122 valence electrons. The maximum atomic E-state index is 9.75. The molecule has 0 aromatic carbocycles. The Kier molecular flexibility index (Phi) is 10.1. The van der Waals surface area contributed by atoms with Crippen molar-refractivity contribution in [2.24, 2.45) is 7.05 Å². The van der Waals surface area contributed by atoms with Crippen LogP contribution in [0.4, 0.5) is 0 Å². The Morgan fingerprint density at radius 2 is 2.14 bits per heavy atom. The predicted molar refractivity (Wildman–Crippen MR) is 82.3 cm³/mol. The SMILES string of the molecule is CCCCOCCOCC(O)CNCCc1cnn(C)c1. The molecular weight excluding hydrogens is 270 g/mol. The smallest absolute Gasteiger partial charge is 0.0897 e. The molecule has 0 amide bonds. The Labute approximate surface area is 127 Å². The lowest BCUT2D eigenvalue weighted by Crippen LogP contribution is -2.32. The van der Waals surface area contributed by atoms with E-state index in [4.69, 9.17) is 9.47 Å². The van der Waals surface area contributed by atoms with Gasteiger partial charge in [-0.25, -0.2) is 0 Å². The molecule has 0 aliphatic heterocycles. The van der Waals surface area contributed by atoms with Gasteiger partial charge in [0.25, 0.3) is 0 Å². The highest BCUT2D eigenvalue weighted by atomic mass is 16.5. The van der Waals surface area contributed by atoms with E-state index in [2.05, 4.69) is 17.3 Å². The Morgan fingerprint density at radius 1 is 1.33 bits per heavy atom. The van der Waals surface area contributed by atoms with Crippen molar-refractivity contribution >= 4 is 0 Å². The van der Waals surface area contributed by atoms with Gasteiger partial charge in [-0.1, -0.05) is 13.3 Å². The summed E-state index contributed by atoms with van der Waals surface area (Å²) in [7, 11) is 1.91. The molecule has 0 saturated carbocycles. The fraction of sp³-hybridized carbons (Fsp3) is 0.800. The van der Waals surface area contributed by atoms with Gasteiger partial charge < -0.3 is 19.9 Å². The number of aromatic nitrogens is 2. The summed E-state index contributed by atoms with van der Waals surface area (Å²) in [5.74, 6) is 0. The number of unbranched alkanes of at least 4 members (excludes halogenated alkanes) is 1. The van der Waals surface area contributed by atoms with E-state index in [1.807, 2.05) is 19.4 Å². The maximum absolute atomic E-state index is 9.75. The number of nitrogens with one attached hydrogen (secondary N) is 1. The minimum atomic E-state index is -0.477. The molecule has 0 spiro atoms. The molecule has 2 N–H and O–H groups in total. The summed E-state index contributed by atoms with van der Waals surface area (Å²) in [6, 6.07) is 0. The van der Waals surface area contributed by atoms with Crippen LogP contribution < -0.4 is 5.32 Å². The first-order chi connectivity index (χ1) is 10.2. The third-order valence-electron chi connectivity index (χ3n) is 3.05. The lowest BCUT2D eigenvalue weighted by Gasteiger charge is -2.12. The van der Waals surface area contributed by atoms with Crippen molar-refractivity contribution in [1.82, 2.24) is 15.1 Å². The summed E-state index contributed by atoms with van der Waals surface area (Å²) < 4.78 is 12.5. The molecular formula is C15H29N3O3. The molecule has 1 atom stereocenters. The lowest BCUT2D eigenvalue weighted by atomic mass is 10.2. The number of rotatable bonds is 13. The van der Waals surface area contributed by atoms with E-state index in [1.165, 1.54) is 5.56 Å². The monoisotopic (exact) mass is 299 g/mol. The molecule has 1 heterocycles. The van der Waals surface area contributed by atoms with Crippen molar-refractivity contribution in [3.8, 4) is 0 Å². The molecule has 1 aromatic rings. The topological polar surface area (TPSA) is 68.5 Å². The van der Waals surface area contributed by atoms with E-state index in [1.54, 1.807) is 4.68 Å². The van der Waals surface area contributed by atoms with Crippen LogP contribution in [0.15, 0.2) is 12.4 Å². The standard InChI is InChI=1S/C15H29N3O3/c1-3-4-7-20-8-9-21-13-15(19)11-16-6-5-14-10-17-18(2)12-14/h10,12,15-16,19H,3-9,11,13H2,1-2H3. The zero-order valence-corrected chi connectivity index (χ0v) is 13.3. The maximum Gasteiger partial charge on any atom is 0.0897 e. The van der Waals surface area contributed by atoms with E-state index < -0.39 is 6.10 Å². The Morgan fingerprint density at radius 3 is 2.86 bits per heavy atom. The average Bonchev–Trinajstić information content (AvgIpc) is 2.88. The molecule has 0 bridgehead atoms. The molecule has 6 nitrogen and oxygen atoms in total. The van der Waals surface area contributed by atoms with Gasteiger partial charge in [-0.15, -0.1) is 0 Å². The van der Waals surface area contributed by atoms with Crippen LogP contribution >= 0.6 is 0 Å². The van der Waals surface area contributed by atoms with Gasteiger partial charge in [-0.3, -0.25) is 4.68 Å². The van der Waals surface area contributed by atoms with Gasteiger partial charge in [0.15, 0.2) is 0 Å². The number of hydrogen-bond acceptors (Lipinski definition) is 5. The van der Waals surface area contributed by atoms with E-state index in [0.29, 0.717) is 26.4 Å². The molecule has 1 rings (SSSR count). The normalized spacial score (nSPS) is 12.7. The van der Waals surface area contributed by atoms with E-state index in [9.17, 15) is 5.11 Å². The molecule has 6 heteroatoms. The van der Waals surface area contributed by atoms with Gasteiger partial charge in [0.2, 0.25) is 0 Å². The lowest BCUT2D eigenvalue weighted by molar-refractivity contribution is 0.00401. The van der Waals surface area contributed by atoms with E-state index in [0.717, 1.165) is 32.4 Å². The largest absolute Gasteiger partial charge is 0.389 e. The minimum absolute atomic E-state index is 0.344. The molecule has 0 aliphatic carbocycles. The molecule has 1 unspecified atom stereocenters. The second-order valence-corrected chi connectivity index (χ2v) is 5.17. The zero-order valence-electron chi connectivity index (χ0n) is 13.3. The molecule has 0 aliphatic rings. The van der Waals surface area contributed by atoms with Crippen LogP contribution in [0.25, 0.3) is 0 Å². The Hall–Kier alpha value is -0.950. The van der Waals surface area contributed by atoms with Crippen molar-refractivity contribution in [2.45, 2.75) is 32.3 Å². The Bertz CT molecular complexity index is 358. The minimum Gasteiger partial charge on any atom is -0.389 e. The first-order valence-electron chi connectivity index (χ1n) is 7.74. The van der Waals surface area contributed by atoms with Gasteiger partial charge in [-0.2, -0.15) is 5.10 Å². The summed E-state index contributed by atoms with van der Waals surface area (Å²) in [5.41, 5.74) is 1.19. The van der Waals surface area contributed by atoms with Gasteiger partial charge in [0.05, 0.1) is 32.1 Å². The van der Waals surface area contributed by atoms with E-state index in [-0.39, 0.29) is 0 Å².